The Morgan fingerprint density at radius 2 is 2.24 bits per heavy atom. The largest absolute Gasteiger partial charge is 0.487 e. The zero-order chi connectivity index (χ0) is 14.4. The zero-order valence-corrected chi connectivity index (χ0v) is 12.7. The summed E-state index contributed by atoms with van der Waals surface area (Å²) in [5.74, 6) is 0.874. The molecule has 0 N–H and O–H groups in total. The van der Waals surface area contributed by atoms with Gasteiger partial charge in [-0.25, -0.2) is 4.68 Å². The molecule has 0 bridgehead atoms. The van der Waals surface area contributed by atoms with Crippen LogP contribution in [0.25, 0.3) is 11.1 Å². The number of aryl methyl sites for hydroxylation is 1. The average molecular weight is 305 g/mol. The Kier molecular flexibility index (Phi) is 3.16. The van der Waals surface area contributed by atoms with E-state index in [-0.39, 0.29) is 6.23 Å². The van der Waals surface area contributed by atoms with Crippen LogP contribution in [0.2, 0.25) is 5.02 Å². The average Bonchev–Trinajstić information content (AvgIpc) is 2.85. The van der Waals surface area contributed by atoms with Crippen molar-refractivity contribution in [3.63, 3.8) is 0 Å². The second-order valence-corrected chi connectivity index (χ2v) is 6.04. The summed E-state index contributed by atoms with van der Waals surface area (Å²) in [6.45, 7) is 3.38. The minimum Gasteiger partial charge on any atom is -0.487 e. The summed E-state index contributed by atoms with van der Waals surface area (Å²) in [6.07, 6.45) is 3.36. The topological polar surface area (TPSA) is 36.3 Å². The second kappa shape index (κ2) is 5.04. The van der Waals surface area contributed by atoms with Gasteiger partial charge in [-0.3, -0.25) is 0 Å². The number of aromatic nitrogens is 2. The lowest BCUT2D eigenvalue weighted by Gasteiger charge is -2.26. The molecule has 0 radical (unpaired) electrons. The molecule has 0 amide bonds. The monoisotopic (exact) mass is 304 g/mol. The van der Waals surface area contributed by atoms with Gasteiger partial charge in [0.25, 0.3) is 0 Å². The van der Waals surface area contributed by atoms with E-state index in [1.54, 1.807) is 0 Å². The number of rotatable bonds is 1. The van der Waals surface area contributed by atoms with E-state index >= 15 is 0 Å². The van der Waals surface area contributed by atoms with Crippen LogP contribution in [0.5, 0.6) is 5.75 Å². The van der Waals surface area contributed by atoms with Crippen LogP contribution in [0, 0.1) is 6.92 Å². The summed E-state index contributed by atoms with van der Waals surface area (Å²) in [4.78, 5) is 0. The van der Waals surface area contributed by atoms with Gasteiger partial charge in [0, 0.05) is 22.8 Å². The molecule has 5 heteroatoms. The molecule has 1 atom stereocenters. The van der Waals surface area contributed by atoms with Crippen LogP contribution in [0.1, 0.15) is 36.9 Å². The van der Waals surface area contributed by atoms with E-state index in [1.807, 2.05) is 29.8 Å². The molecule has 1 unspecified atom stereocenters. The molecule has 110 valence electrons. The molecular formula is C16H17ClN2O2. The van der Waals surface area contributed by atoms with Crippen LogP contribution in [0.15, 0.2) is 18.2 Å². The first-order chi connectivity index (χ1) is 10.2. The third kappa shape index (κ3) is 2.14. The molecule has 0 aliphatic carbocycles. The van der Waals surface area contributed by atoms with E-state index in [4.69, 9.17) is 26.2 Å². The molecule has 2 aromatic rings. The molecule has 0 saturated carbocycles. The molecule has 1 aromatic heterocycles. The van der Waals surface area contributed by atoms with Crippen LogP contribution in [-0.2, 0) is 11.3 Å². The Bertz CT molecular complexity index is 690. The molecule has 2 aliphatic rings. The van der Waals surface area contributed by atoms with Crippen LogP contribution in [-0.4, -0.2) is 16.4 Å². The normalized spacial score (nSPS) is 20.6. The number of hydrogen-bond donors (Lipinski definition) is 0. The molecule has 2 aliphatic heterocycles. The summed E-state index contributed by atoms with van der Waals surface area (Å²) >= 11 is 6.14. The summed E-state index contributed by atoms with van der Waals surface area (Å²) in [7, 11) is 0. The first-order valence-corrected chi connectivity index (χ1v) is 7.74. The van der Waals surface area contributed by atoms with Crippen LogP contribution in [0.4, 0.5) is 0 Å². The van der Waals surface area contributed by atoms with E-state index in [2.05, 4.69) is 0 Å². The van der Waals surface area contributed by atoms with Crippen molar-refractivity contribution >= 4 is 11.6 Å². The summed E-state index contributed by atoms with van der Waals surface area (Å²) in [6, 6.07) is 5.74. The van der Waals surface area contributed by atoms with Crippen LogP contribution < -0.4 is 4.74 Å². The van der Waals surface area contributed by atoms with E-state index in [0.29, 0.717) is 11.6 Å². The van der Waals surface area contributed by atoms with Crippen molar-refractivity contribution in [2.45, 2.75) is 39.0 Å². The van der Waals surface area contributed by atoms with Gasteiger partial charge in [0.15, 0.2) is 6.23 Å². The van der Waals surface area contributed by atoms with Gasteiger partial charge in [-0.15, -0.1) is 0 Å². The number of halogens is 1. The van der Waals surface area contributed by atoms with Gasteiger partial charge in [-0.2, -0.15) is 5.10 Å². The van der Waals surface area contributed by atoms with Gasteiger partial charge in [-0.05, 0) is 44.4 Å². The Hall–Kier alpha value is -1.52. The lowest BCUT2D eigenvalue weighted by Crippen LogP contribution is -2.22. The lowest BCUT2D eigenvalue weighted by atomic mass is 10.0. The highest BCUT2D eigenvalue weighted by atomic mass is 35.5. The maximum atomic E-state index is 6.14. The number of fused-ring (bicyclic) bond motifs is 3. The Morgan fingerprint density at radius 3 is 3.05 bits per heavy atom. The van der Waals surface area contributed by atoms with E-state index in [0.717, 1.165) is 47.7 Å². The Morgan fingerprint density at radius 1 is 1.33 bits per heavy atom. The lowest BCUT2D eigenvalue weighted by molar-refractivity contribution is -0.0425. The summed E-state index contributed by atoms with van der Waals surface area (Å²) < 4.78 is 13.8. The van der Waals surface area contributed by atoms with Crippen molar-refractivity contribution in [3.05, 3.63) is 34.6 Å². The molecule has 4 rings (SSSR count). The molecule has 3 heterocycles. The van der Waals surface area contributed by atoms with Crippen molar-refractivity contribution in [2.75, 3.05) is 6.61 Å². The fourth-order valence-electron chi connectivity index (χ4n) is 3.21. The van der Waals surface area contributed by atoms with Gasteiger partial charge in [0.1, 0.15) is 12.4 Å². The molecular weight excluding hydrogens is 288 g/mol. The van der Waals surface area contributed by atoms with Gasteiger partial charge in [-0.1, -0.05) is 11.6 Å². The van der Waals surface area contributed by atoms with Crippen molar-refractivity contribution < 1.29 is 9.47 Å². The first kappa shape index (κ1) is 13.2. The van der Waals surface area contributed by atoms with Gasteiger partial charge < -0.3 is 9.47 Å². The summed E-state index contributed by atoms with van der Waals surface area (Å²) in [5.41, 5.74) is 4.27. The maximum Gasteiger partial charge on any atom is 0.150 e. The number of hydrogen-bond acceptors (Lipinski definition) is 3. The molecule has 21 heavy (non-hydrogen) atoms. The van der Waals surface area contributed by atoms with Crippen molar-refractivity contribution in [1.82, 2.24) is 9.78 Å². The predicted octanol–water partition coefficient (Wildman–Crippen LogP) is 4.10. The van der Waals surface area contributed by atoms with Gasteiger partial charge in [0.2, 0.25) is 0 Å². The highest BCUT2D eigenvalue weighted by molar-refractivity contribution is 6.31. The quantitative estimate of drug-likeness (QED) is 0.795. The fraction of sp³-hybridized carbons (Fsp3) is 0.438. The highest BCUT2D eigenvalue weighted by Gasteiger charge is 2.28. The highest BCUT2D eigenvalue weighted by Crippen LogP contribution is 2.42. The fourth-order valence-corrected chi connectivity index (χ4v) is 3.38. The zero-order valence-electron chi connectivity index (χ0n) is 11.9. The SMILES string of the molecule is Cc1nn(C2CCCCO2)c2c1-c1cc(Cl)ccc1OC2. The van der Waals surface area contributed by atoms with E-state index < -0.39 is 0 Å². The van der Waals surface area contributed by atoms with E-state index in [1.165, 1.54) is 6.42 Å². The van der Waals surface area contributed by atoms with Crippen molar-refractivity contribution in [3.8, 4) is 16.9 Å². The Labute approximate surface area is 128 Å². The second-order valence-electron chi connectivity index (χ2n) is 5.60. The standard InChI is InChI=1S/C16H17ClN2O2/c1-10-16-12-8-11(17)5-6-14(12)21-9-13(16)19(18-10)15-4-2-3-7-20-15/h5-6,8,15H,2-4,7,9H2,1H3. The molecule has 0 spiro atoms. The number of ether oxygens (including phenoxy) is 2. The number of benzene rings is 1. The van der Waals surface area contributed by atoms with Crippen molar-refractivity contribution in [2.24, 2.45) is 0 Å². The Balaban J connectivity index is 1.84. The van der Waals surface area contributed by atoms with Crippen molar-refractivity contribution in [1.29, 1.82) is 0 Å². The minimum atomic E-state index is 0.0329. The maximum absolute atomic E-state index is 6.14. The third-order valence-corrected chi connectivity index (χ3v) is 4.42. The molecule has 4 nitrogen and oxygen atoms in total. The number of nitrogens with zero attached hydrogens (tertiary/aromatic N) is 2. The molecule has 1 saturated heterocycles. The minimum absolute atomic E-state index is 0.0329. The predicted molar refractivity (Wildman–Crippen MR) is 80.6 cm³/mol. The smallest absolute Gasteiger partial charge is 0.150 e. The van der Waals surface area contributed by atoms with E-state index in [9.17, 15) is 0 Å². The van der Waals surface area contributed by atoms with Crippen LogP contribution in [0.3, 0.4) is 0 Å². The third-order valence-electron chi connectivity index (χ3n) is 4.19. The first-order valence-electron chi connectivity index (χ1n) is 7.36. The van der Waals surface area contributed by atoms with Crippen LogP contribution >= 0.6 is 11.6 Å². The van der Waals surface area contributed by atoms with Gasteiger partial charge >= 0.3 is 0 Å². The molecule has 1 aromatic carbocycles. The summed E-state index contributed by atoms with van der Waals surface area (Å²) in [5, 5.41) is 5.43. The molecule has 1 fully saturated rings. The van der Waals surface area contributed by atoms with Gasteiger partial charge in [0.05, 0.1) is 11.4 Å².